The van der Waals surface area contributed by atoms with Gasteiger partial charge in [-0.1, -0.05) is 0 Å². The quantitative estimate of drug-likeness (QED) is 0.644. The summed E-state index contributed by atoms with van der Waals surface area (Å²) >= 11 is 1.60. The monoisotopic (exact) mass is 424 g/mol. The molecule has 4 heterocycles. The van der Waals surface area contributed by atoms with E-state index in [2.05, 4.69) is 15.3 Å². The third-order valence-electron chi connectivity index (χ3n) is 5.05. The molecule has 3 aromatic heterocycles. The van der Waals surface area contributed by atoms with Gasteiger partial charge >= 0.3 is 6.18 Å². The number of amides is 1. The number of hydrogen-bond acceptors (Lipinski definition) is 6. The van der Waals surface area contributed by atoms with Gasteiger partial charge < -0.3 is 9.80 Å². The van der Waals surface area contributed by atoms with Gasteiger partial charge in [-0.25, -0.2) is 0 Å². The van der Waals surface area contributed by atoms with Crippen LogP contribution < -0.4 is 4.90 Å². The van der Waals surface area contributed by atoms with E-state index in [1.807, 2.05) is 21.7 Å². The molecule has 29 heavy (non-hydrogen) atoms. The summed E-state index contributed by atoms with van der Waals surface area (Å²) < 4.78 is 39.9. The Morgan fingerprint density at radius 1 is 1.24 bits per heavy atom. The van der Waals surface area contributed by atoms with Gasteiger partial charge in [0.2, 0.25) is 5.91 Å². The van der Waals surface area contributed by atoms with E-state index in [1.165, 1.54) is 6.07 Å². The Morgan fingerprint density at radius 2 is 2.00 bits per heavy atom. The van der Waals surface area contributed by atoms with Crippen LogP contribution in [0.15, 0.2) is 29.0 Å². The molecule has 1 saturated heterocycles. The molecule has 1 amide bonds. The van der Waals surface area contributed by atoms with Crippen LogP contribution in [0.5, 0.6) is 0 Å². The van der Waals surface area contributed by atoms with Gasteiger partial charge in [0.15, 0.2) is 5.65 Å². The number of carbonyl (C=O) groups excluding carboxylic acids is 1. The van der Waals surface area contributed by atoms with Crippen molar-refractivity contribution in [1.29, 1.82) is 0 Å². The Bertz CT molecular complexity index is 995. The Balaban J connectivity index is 1.42. The number of anilines is 1. The second-order valence-electron chi connectivity index (χ2n) is 7.07. The van der Waals surface area contributed by atoms with E-state index in [4.69, 9.17) is 0 Å². The SMILES string of the molecule is CN(Cc1ccsc1)C(=O)C1CCN(c2ccc3nnc(C(F)(F)F)n3n2)CC1. The van der Waals surface area contributed by atoms with Crippen molar-refractivity contribution in [2.45, 2.75) is 25.6 Å². The van der Waals surface area contributed by atoms with Crippen molar-refractivity contribution in [2.24, 2.45) is 5.92 Å². The molecule has 1 fully saturated rings. The minimum absolute atomic E-state index is 0.0428. The van der Waals surface area contributed by atoms with E-state index in [1.54, 1.807) is 29.4 Å². The smallest absolute Gasteiger partial charge is 0.355 e. The first-order valence-corrected chi connectivity index (χ1v) is 10.1. The van der Waals surface area contributed by atoms with E-state index in [0.717, 1.165) is 10.1 Å². The zero-order valence-electron chi connectivity index (χ0n) is 15.6. The van der Waals surface area contributed by atoms with Crippen molar-refractivity contribution < 1.29 is 18.0 Å². The zero-order valence-corrected chi connectivity index (χ0v) is 16.4. The van der Waals surface area contributed by atoms with E-state index in [9.17, 15) is 18.0 Å². The van der Waals surface area contributed by atoms with Crippen LogP contribution in [0.2, 0.25) is 0 Å². The Kier molecular flexibility index (Phi) is 5.15. The molecule has 1 aliphatic heterocycles. The van der Waals surface area contributed by atoms with E-state index in [0.29, 0.717) is 38.3 Å². The number of aromatic nitrogens is 4. The fourth-order valence-electron chi connectivity index (χ4n) is 3.53. The van der Waals surface area contributed by atoms with Gasteiger partial charge in [0.05, 0.1) is 0 Å². The number of rotatable bonds is 4. The first-order valence-electron chi connectivity index (χ1n) is 9.13. The molecule has 0 bridgehead atoms. The van der Waals surface area contributed by atoms with Gasteiger partial charge in [-0.3, -0.25) is 4.79 Å². The van der Waals surface area contributed by atoms with Crippen LogP contribution in [0.1, 0.15) is 24.2 Å². The molecule has 0 aromatic carbocycles. The Hall–Kier alpha value is -2.69. The second kappa shape index (κ2) is 7.62. The summed E-state index contributed by atoms with van der Waals surface area (Å²) in [6.45, 7) is 1.67. The highest BCUT2D eigenvalue weighted by Gasteiger charge is 2.38. The average molecular weight is 424 g/mol. The molecule has 11 heteroatoms. The summed E-state index contributed by atoms with van der Waals surface area (Å²) in [6, 6.07) is 5.10. The topological polar surface area (TPSA) is 66.6 Å². The molecular formula is C18H19F3N6OS. The summed E-state index contributed by atoms with van der Waals surface area (Å²) in [6.07, 6.45) is -3.38. The van der Waals surface area contributed by atoms with Crippen molar-refractivity contribution in [3.8, 4) is 0 Å². The molecule has 0 saturated carbocycles. The van der Waals surface area contributed by atoms with Crippen LogP contribution in [0.25, 0.3) is 5.65 Å². The third-order valence-corrected chi connectivity index (χ3v) is 5.78. The number of alkyl halides is 3. The Morgan fingerprint density at radius 3 is 2.66 bits per heavy atom. The molecule has 0 atom stereocenters. The number of carbonyl (C=O) groups is 1. The predicted molar refractivity (Wildman–Crippen MR) is 102 cm³/mol. The molecule has 0 radical (unpaired) electrons. The van der Waals surface area contributed by atoms with E-state index >= 15 is 0 Å². The summed E-state index contributed by atoms with van der Waals surface area (Å²) in [7, 11) is 1.80. The van der Waals surface area contributed by atoms with Crippen LogP contribution in [-0.4, -0.2) is 50.8 Å². The minimum atomic E-state index is -4.63. The number of piperidine rings is 1. The van der Waals surface area contributed by atoms with Gasteiger partial charge in [-0.15, -0.1) is 15.3 Å². The van der Waals surface area contributed by atoms with E-state index in [-0.39, 0.29) is 17.5 Å². The summed E-state index contributed by atoms with van der Waals surface area (Å²) in [4.78, 5) is 16.3. The standard InChI is InChI=1S/C18H19F3N6OS/c1-25(10-12-6-9-29-11-12)16(28)13-4-7-26(8-5-13)15-3-2-14-22-23-17(18(19,20)21)27(14)24-15/h2-3,6,9,11,13H,4-5,7-8,10H2,1H3. The van der Waals surface area contributed by atoms with Gasteiger partial charge in [0.25, 0.3) is 5.82 Å². The van der Waals surface area contributed by atoms with E-state index < -0.39 is 12.0 Å². The maximum Gasteiger partial charge on any atom is 0.453 e. The molecule has 0 unspecified atom stereocenters. The van der Waals surface area contributed by atoms with Gasteiger partial charge in [0.1, 0.15) is 5.82 Å². The number of fused-ring (bicyclic) bond motifs is 1. The zero-order chi connectivity index (χ0) is 20.6. The maximum absolute atomic E-state index is 13.1. The molecule has 0 N–H and O–H groups in total. The van der Waals surface area contributed by atoms with Crippen molar-refractivity contribution in [1.82, 2.24) is 24.7 Å². The van der Waals surface area contributed by atoms with Crippen molar-refractivity contribution in [3.05, 3.63) is 40.3 Å². The molecule has 0 aliphatic carbocycles. The first kappa shape index (κ1) is 19.6. The van der Waals surface area contributed by atoms with Crippen molar-refractivity contribution >= 4 is 28.7 Å². The van der Waals surface area contributed by atoms with Gasteiger partial charge in [-0.05, 0) is 47.4 Å². The van der Waals surface area contributed by atoms with Crippen LogP contribution in [0, 0.1) is 5.92 Å². The summed E-state index contributed by atoms with van der Waals surface area (Å²) in [5.41, 5.74) is 1.15. The molecule has 154 valence electrons. The van der Waals surface area contributed by atoms with Crippen LogP contribution >= 0.6 is 11.3 Å². The molecule has 7 nitrogen and oxygen atoms in total. The highest BCUT2D eigenvalue weighted by Crippen LogP contribution is 2.29. The average Bonchev–Trinajstić information content (AvgIpc) is 3.36. The summed E-state index contributed by atoms with van der Waals surface area (Å²) in [5, 5.41) is 14.8. The fourth-order valence-corrected chi connectivity index (χ4v) is 4.19. The second-order valence-corrected chi connectivity index (χ2v) is 7.85. The van der Waals surface area contributed by atoms with Crippen LogP contribution in [0.4, 0.5) is 19.0 Å². The normalized spacial score (nSPS) is 15.8. The fraction of sp³-hybridized carbons (Fsp3) is 0.444. The Labute approximate surface area is 168 Å². The van der Waals surface area contributed by atoms with Crippen LogP contribution in [0.3, 0.4) is 0 Å². The lowest BCUT2D eigenvalue weighted by atomic mass is 9.95. The lowest BCUT2D eigenvalue weighted by molar-refractivity contribution is -0.146. The number of halogens is 3. The van der Waals surface area contributed by atoms with Crippen LogP contribution in [-0.2, 0) is 17.5 Å². The lowest BCUT2D eigenvalue weighted by Crippen LogP contribution is -2.41. The van der Waals surface area contributed by atoms with Gasteiger partial charge in [-0.2, -0.15) is 29.0 Å². The van der Waals surface area contributed by atoms with Crippen molar-refractivity contribution in [3.63, 3.8) is 0 Å². The molecule has 3 aromatic rings. The largest absolute Gasteiger partial charge is 0.453 e. The first-order chi connectivity index (χ1) is 13.8. The number of thiophene rings is 1. The molecule has 4 rings (SSSR count). The maximum atomic E-state index is 13.1. The molecular weight excluding hydrogens is 405 g/mol. The lowest BCUT2D eigenvalue weighted by Gasteiger charge is -2.33. The highest BCUT2D eigenvalue weighted by atomic mass is 32.1. The molecule has 1 aliphatic rings. The van der Waals surface area contributed by atoms with Crippen molar-refractivity contribution in [2.75, 3.05) is 25.0 Å². The number of nitrogens with zero attached hydrogens (tertiary/aromatic N) is 6. The highest BCUT2D eigenvalue weighted by molar-refractivity contribution is 7.07. The summed E-state index contributed by atoms with van der Waals surface area (Å²) in [5.74, 6) is -0.730. The van der Waals surface area contributed by atoms with Gasteiger partial charge in [0, 0.05) is 32.6 Å². The number of hydrogen-bond donors (Lipinski definition) is 0. The molecule has 0 spiro atoms. The third kappa shape index (κ3) is 4.04. The predicted octanol–water partition coefficient (Wildman–Crippen LogP) is 3.08. The minimum Gasteiger partial charge on any atom is -0.355 e.